The molecule has 1 aromatic carbocycles. The van der Waals surface area contributed by atoms with Crippen LogP contribution in [-0.2, 0) is 4.79 Å². The first-order valence-corrected chi connectivity index (χ1v) is 11.2. The molecule has 0 bridgehead atoms. The van der Waals surface area contributed by atoms with Gasteiger partial charge in [-0.25, -0.2) is 0 Å². The van der Waals surface area contributed by atoms with Crippen LogP contribution in [0.2, 0.25) is 0 Å². The molecule has 3 heterocycles. The molecular weight excluding hydrogens is 380 g/mol. The van der Waals surface area contributed by atoms with Gasteiger partial charge in [0, 0.05) is 30.6 Å². The van der Waals surface area contributed by atoms with Gasteiger partial charge in [-0.3, -0.25) is 4.79 Å². The fraction of sp³-hybridized carbons (Fsp3) is 0.609. The molecule has 0 radical (unpaired) electrons. The number of hydrogen-bond donors (Lipinski definition) is 0. The van der Waals surface area contributed by atoms with Crippen molar-refractivity contribution in [2.45, 2.75) is 57.9 Å². The normalized spacial score (nSPS) is 18.7. The van der Waals surface area contributed by atoms with Crippen LogP contribution in [0.3, 0.4) is 0 Å². The van der Waals surface area contributed by atoms with E-state index in [9.17, 15) is 4.79 Å². The topological polar surface area (TPSA) is 71.7 Å². The number of hydrogen-bond acceptors (Lipinski definition) is 6. The quantitative estimate of drug-likeness (QED) is 0.720. The zero-order valence-corrected chi connectivity index (χ0v) is 18.0. The van der Waals surface area contributed by atoms with Crippen molar-refractivity contribution < 1.29 is 14.1 Å². The molecule has 162 valence electrons. The van der Waals surface area contributed by atoms with E-state index in [4.69, 9.17) is 9.26 Å². The first-order chi connectivity index (χ1) is 14.6. The zero-order chi connectivity index (χ0) is 20.9. The van der Waals surface area contributed by atoms with Crippen molar-refractivity contribution in [2.24, 2.45) is 0 Å². The van der Waals surface area contributed by atoms with Gasteiger partial charge in [-0.05, 0) is 63.0 Å². The highest BCUT2D eigenvalue weighted by Crippen LogP contribution is 2.23. The van der Waals surface area contributed by atoms with Crippen LogP contribution in [0.25, 0.3) is 11.5 Å². The summed E-state index contributed by atoms with van der Waals surface area (Å²) in [5.41, 5.74) is 0.841. The van der Waals surface area contributed by atoms with Crippen LogP contribution >= 0.6 is 0 Å². The van der Waals surface area contributed by atoms with E-state index in [0.717, 1.165) is 31.5 Å². The summed E-state index contributed by atoms with van der Waals surface area (Å²) in [6.07, 6.45) is 6.14. The summed E-state index contributed by atoms with van der Waals surface area (Å²) < 4.78 is 11.0. The summed E-state index contributed by atoms with van der Waals surface area (Å²) in [7, 11) is 0. The molecule has 2 aliphatic rings. The van der Waals surface area contributed by atoms with Crippen LogP contribution in [0.15, 0.2) is 28.8 Å². The molecule has 2 aromatic rings. The van der Waals surface area contributed by atoms with E-state index in [-0.39, 0.29) is 18.4 Å². The lowest BCUT2D eigenvalue weighted by molar-refractivity contribution is -0.135. The minimum Gasteiger partial charge on any atom is -0.484 e. The van der Waals surface area contributed by atoms with Crippen molar-refractivity contribution in [3.05, 3.63) is 30.1 Å². The van der Waals surface area contributed by atoms with E-state index in [1.807, 2.05) is 43.0 Å². The molecule has 0 spiro atoms. The van der Waals surface area contributed by atoms with Gasteiger partial charge >= 0.3 is 0 Å². The summed E-state index contributed by atoms with van der Waals surface area (Å²) in [5.74, 6) is 2.15. The fourth-order valence-electron chi connectivity index (χ4n) is 4.28. The highest BCUT2D eigenvalue weighted by Gasteiger charge is 2.27. The Balaban J connectivity index is 1.24. The molecular formula is C23H32N4O3. The van der Waals surface area contributed by atoms with Gasteiger partial charge in [-0.2, -0.15) is 4.98 Å². The average molecular weight is 413 g/mol. The highest BCUT2D eigenvalue weighted by atomic mass is 16.5. The smallest absolute Gasteiger partial charge is 0.260 e. The molecule has 1 aromatic heterocycles. The molecule has 2 aliphatic heterocycles. The van der Waals surface area contributed by atoms with Crippen LogP contribution in [0.1, 0.15) is 57.7 Å². The van der Waals surface area contributed by atoms with Gasteiger partial charge in [0.1, 0.15) is 5.75 Å². The maximum atomic E-state index is 12.6. The Hall–Kier alpha value is -2.41. The molecule has 7 nitrogen and oxygen atoms in total. The molecule has 30 heavy (non-hydrogen) atoms. The van der Waals surface area contributed by atoms with E-state index in [0.29, 0.717) is 23.5 Å². The number of ether oxygens (including phenoxy) is 1. The van der Waals surface area contributed by atoms with Crippen LogP contribution < -0.4 is 4.74 Å². The molecule has 2 fully saturated rings. The van der Waals surface area contributed by atoms with E-state index in [2.05, 4.69) is 15.0 Å². The van der Waals surface area contributed by atoms with Gasteiger partial charge < -0.3 is 19.1 Å². The van der Waals surface area contributed by atoms with Gasteiger partial charge in [0.2, 0.25) is 0 Å². The van der Waals surface area contributed by atoms with Gasteiger partial charge in [-0.1, -0.05) is 25.4 Å². The second kappa shape index (κ2) is 9.60. The minimum atomic E-state index is 0.0645. The molecule has 0 atom stereocenters. The highest BCUT2D eigenvalue weighted by molar-refractivity contribution is 5.77. The van der Waals surface area contributed by atoms with Crippen LogP contribution in [0, 0.1) is 0 Å². The Kier molecular flexibility index (Phi) is 6.67. The van der Waals surface area contributed by atoms with Crippen LogP contribution in [0.4, 0.5) is 0 Å². The third-order valence-electron chi connectivity index (χ3n) is 6.15. The predicted molar refractivity (Wildman–Crippen MR) is 114 cm³/mol. The number of rotatable bonds is 6. The number of amides is 1. The second-order valence-electron chi connectivity index (χ2n) is 8.63. The Morgan fingerprint density at radius 1 is 1.10 bits per heavy atom. The average Bonchev–Trinajstić information content (AvgIpc) is 3.29. The summed E-state index contributed by atoms with van der Waals surface area (Å²) in [6.45, 7) is 8.23. The Morgan fingerprint density at radius 2 is 1.80 bits per heavy atom. The van der Waals surface area contributed by atoms with Crippen LogP contribution in [0.5, 0.6) is 5.75 Å². The molecule has 0 aliphatic carbocycles. The van der Waals surface area contributed by atoms with Gasteiger partial charge in [-0.15, -0.1) is 0 Å². The molecule has 1 amide bonds. The van der Waals surface area contributed by atoms with Crippen molar-refractivity contribution in [2.75, 3.05) is 32.8 Å². The largest absolute Gasteiger partial charge is 0.484 e. The van der Waals surface area contributed by atoms with E-state index in [1.54, 1.807) is 0 Å². The van der Waals surface area contributed by atoms with Crippen molar-refractivity contribution in [3.63, 3.8) is 0 Å². The minimum absolute atomic E-state index is 0.0645. The summed E-state index contributed by atoms with van der Waals surface area (Å²) >= 11 is 0. The standard InChI is InChI=1S/C23H32N4O3/c1-17(2)22-24-23(30-25-22)18-6-8-20(9-7-18)29-16-21(28)27-14-10-19(11-15-27)26-12-4-3-5-13-26/h6-9,17,19H,3-5,10-16H2,1-2H3. The van der Waals surface area contributed by atoms with E-state index >= 15 is 0 Å². The first-order valence-electron chi connectivity index (χ1n) is 11.2. The molecule has 4 rings (SSSR count). The number of benzene rings is 1. The fourth-order valence-corrected chi connectivity index (χ4v) is 4.28. The summed E-state index contributed by atoms with van der Waals surface area (Å²) in [5, 5.41) is 3.99. The van der Waals surface area contributed by atoms with Crippen molar-refractivity contribution in [3.8, 4) is 17.2 Å². The molecule has 2 saturated heterocycles. The number of piperidine rings is 2. The van der Waals surface area contributed by atoms with Crippen molar-refractivity contribution in [1.29, 1.82) is 0 Å². The number of nitrogens with zero attached hydrogens (tertiary/aromatic N) is 4. The number of likely N-dealkylation sites (tertiary alicyclic amines) is 2. The second-order valence-corrected chi connectivity index (χ2v) is 8.63. The lowest BCUT2D eigenvalue weighted by atomic mass is 10.00. The van der Waals surface area contributed by atoms with Crippen molar-refractivity contribution >= 4 is 5.91 Å². The lowest BCUT2D eigenvalue weighted by Crippen LogP contribution is -2.49. The van der Waals surface area contributed by atoms with Gasteiger partial charge in [0.05, 0.1) is 0 Å². The van der Waals surface area contributed by atoms with Gasteiger partial charge in [0.15, 0.2) is 12.4 Å². The van der Waals surface area contributed by atoms with E-state index < -0.39 is 0 Å². The zero-order valence-electron chi connectivity index (χ0n) is 18.0. The van der Waals surface area contributed by atoms with Crippen LogP contribution in [-0.4, -0.2) is 64.7 Å². The summed E-state index contributed by atoms with van der Waals surface area (Å²) in [6, 6.07) is 8.07. The maximum absolute atomic E-state index is 12.6. The number of aromatic nitrogens is 2. The predicted octanol–water partition coefficient (Wildman–Crippen LogP) is 3.72. The lowest BCUT2D eigenvalue weighted by Gasteiger charge is -2.40. The Bertz CT molecular complexity index is 819. The number of carbonyl (C=O) groups excluding carboxylic acids is 1. The molecule has 0 saturated carbocycles. The Morgan fingerprint density at radius 3 is 2.43 bits per heavy atom. The first kappa shape index (κ1) is 20.8. The summed E-state index contributed by atoms with van der Waals surface area (Å²) in [4.78, 5) is 21.5. The Labute approximate surface area is 178 Å². The van der Waals surface area contributed by atoms with Crippen molar-refractivity contribution in [1.82, 2.24) is 19.9 Å². The third-order valence-corrected chi connectivity index (χ3v) is 6.15. The molecule has 0 N–H and O–H groups in total. The monoisotopic (exact) mass is 412 g/mol. The molecule has 0 unspecified atom stereocenters. The maximum Gasteiger partial charge on any atom is 0.260 e. The number of carbonyl (C=O) groups is 1. The van der Waals surface area contributed by atoms with Gasteiger partial charge in [0.25, 0.3) is 11.8 Å². The third kappa shape index (κ3) is 5.01. The molecule has 7 heteroatoms. The SMILES string of the molecule is CC(C)c1noc(-c2ccc(OCC(=O)N3CCC(N4CCCCC4)CC3)cc2)n1. The van der Waals surface area contributed by atoms with E-state index in [1.165, 1.54) is 32.4 Å².